The van der Waals surface area contributed by atoms with Gasteiger partial charge in [-0.3, -0.25) is 0 Å². The Balaban J connectivity index is 2.08. The van der Waals surface area contributed by atoms with Crippen molar-refractivity contribution in [2.75, 3.05) is 13.7 Å². The van der Waals surface area contributed by atoms with Crippen LogP contribution in [-0.2, 0) is 6.42 Å². The predicted octanol–water partition coefficient (Wildman–Crippen LogP) is 3.77. The second kappa shape index (κ2) is 5.86. The topological polar surface area (TPSA) is 21.3 Å². The smallest absolute Gasteiger partial charge is 0.127 e. The second-order valence-electron chi connectivity index (χ2n) is 5.57. The molecular weight excluding hydrogens is 265 g/mol. The number of fused-ring (bicyclic) bond motifs is 1. The Kier molecular flexibility index (Phi) is 3.93. The summed E-state index contributed by atoms with van der Waals surface area (Å²) in [5.74, 6) is 0.765. The minimum Gasteiger partial charge on any atom is -0.493 e. The van der Waals surface area contributed by atoms with E-state index < -0.39 is 0 Å². The lowest BCUT2D eigenvalue weighted by molar-refractivity contribution is 0.283. The monoisotopic (exact) mass is 285 g/mol. The number of para-hydroxylation sites is 1. The van der Waals surface area contributed by atoms with Crippen LogP contribution in [0.5, 0.6) is 5.75 Å². The maximum absolute atomic E-state index is 13.7. The third kappa shape index (κ3) is 2.79. The van der Waals surface area contributed by atoms with Gasteiger partial charge in [-0.05, 0) is 55.6 Å². The van der Waals surface area contributed by atoms with Gasteiger partial charge in [0.1, 0.15) is 11.6 Å². The van der Waals surface area contributed by atoms with Gasteiger partial charge >= 0.3 is 0 Å². The molecule has 0 radical (unpaired) electrons. The molecular formula is C18H20FNO. The van der Waals surface area contributed by atoms with Crippen molar-refractivity contribution in [1.82, 2.24) is 5.32 Å². The molecule has 3 heteroatoms. The summed E-state index contributed by atoms with van der Waals surface area (Å²) in [7, 11) is 1.90. The van der Waals surface area contributed by atoms with E-state index in [0.29, 0.717) is 0 Å². The molecule has 1 atom stereocenters. The van der Waals surface area contributed by atoms with E-state index in [1.807, 2.05) is 20.0 Å². The van der Waals surface area contributed by atoms with E-state index in [-0.39, 0.29) is 11.9 Å². The number of aryl methyl sites for hydroxylation is 2. The molecule has 2 aromatic carbocycles. The van der Waals surface area contributed by atoms with E-state index in [2.05, 4.69) is 23.5 Å². The Labute approximate surface area is 125 Å². The van der Waals surface area contributed by atoms with Gasteiger partial charge in [0.2, 0.25) is 0 Å². The lowest BCUT2D eigenvalue weighted by atomic mass is 9.93. The zero-order valence-corrected chi connectivity index (χ0v) is 12.4. The van der Waals surface area contributed by atoms with Crippen LogP contribution in [0.1, 0.15) is 34.7 Å². The molecule has 0 bridgehead atoms. The molecule has 0 spiro atoms. The average Bonchev–Trinajstić information content (AvgIpc) is 2.47. The number of benzene rings is 2. The number of hydrogen-bond acceptors (Lipinski definition) is 2. The molecule has 2 aromatic rings. The van der Waals surface area contributed by atoms with Crippen LogP contribution in [-0.4, -0.2) is 13.7 Å². The van der Waals surface area contributed by atoms with Crippen molar-refractivity contribution < 1.29 is 9.13 Å². The van der Waals surface area contributed by atoms with Crippen molar-refractivity contribution in [3.63, 3.8) is 0 Å². The second-order valence-corrected chi connectivity index (χ2v) is 5.57. The SMILES string of the molecule is CNC(c1cc(C)cc(F)c1)c1cccc2c1OCCC2. The van der Waals surface area contributed by atoms with E-state index in [9.17, 15) is 4.39 Å². The quantitative estimate of drug-likeness (QED) is 0.927. The number of hydrogen-bond donors (Lipinski definition) is 1. The van der Waals surface area contributed by atoms with Crippen LogP contribution in [0.2, 0.25) is 0 Å². The minimum absolute atomic E-state index is 0.0625. The highest BCUT2D eigenvalue weighted by Crippen LogP contribution is 2.35. The van der Waals surface area contributed by atoms with E-state index in [1.165, 1.54) is 5.56 Å². The lowest BCUT2D eigenvalue weighted by Crippen LogP contribution is -2.21. The highest BCUT2D eigenvalue weighted by atomic mass is 19.1. The zero-order chi connectivity index (χ0) is 14.8. The van der Waals surface area contributed by atoms with Crippen molar-refractivity contribution in [3.8, 4) is 5.75 Å². The largest absolute Gasteiger partial charge is 0.493 e. The maximum atomic E-state index is 13.7. The Morgan fingerprint density at radius 3 is 2.86 bits per heavy atom. The third-order valence-corrected chi connectivity index (χ3v) is 3.96. The van der Waals surface area contributed by atoms with Crippen LogP contribution in [0.25, 0.3) is 0 Å². The first kappa shape index (κ1) is 14.1. The normalized spacial score (nSPS) is 15.2. The van der Waals surface area contributed by atoms with E-state index in [4.69, 9.17) is 4.74 Å². The fraction of sp³-hybridized carbons (Fsp3) is 0.333. The molecule has 0 saturated carbocycles. The highest BCUT2D eigenvalue weighted by Gasteiger charge is 2.21. The molecule has 1 N–H and O–H groups in total. The van der Waals surface area contributed by atoms with Crippen LogP contribution in [0.3, 0.4) is 0 Å². The molecule has 2 nitrogen and oxygen atoms in total. The maximum Gasteiger partial charge on any atom is 0.127 e. The standard InChI is InChI=1S/C18H20FNO/c1-12-9-14(11-15(19)10-12)17(20-2)16-7-3-5-13-6-4-8-21-18(13)16/h3,5,7,9-11,17,20H,4,6,8H2,1-2H3. The summed E-state index contributed by atoms with van der Waals surface area (Å²) in [6, 6.07) is 11.3. The molecule has 1 aliphatic heterocycles. The predicted molar refractivity (Wildman–Crippen MR) is 82.3 cm³/mol. The molecule has 0 fully saturated rings. The Morgan fingerprint density at radius 1 is 1.24 bits per heavy atom. The van der Waals surface area contributed by atoms with Gasteiger partial charge in [-0.2, -0.15) is 0 Å². The van der Waals surface area contributed by atoms with Crippen molar-refractivity contribution in [2.24, 2.45) is 0 Å². The Morgan fingerprint density at radius 2 is 2.10 bits per heavy atom. The molecule has 0 aromatic heterocycles. The van der Waals surface area contributed by atoms with E-state index >= 15 is 0 Å². The van der Waals surface area contributed by atoms with Gasteiger partial charge in [0.15, 0.2) is 0 Å². The first-order chi connectivity index (χ1) is 10.2. The van der Waals surface area contributed by atoms with Gasteiger partial charge in [0.25, 0.3) is 0 Å². The first-order valence-electron chi connectivity index (χ1n) is 7.38. The van der Waals surface area contributed by atoms with Gasteiger partial charge < -0.3 is 10.1 Å². The molecule has 0 saturated heterocycles. The van der Waals surface area contributed by atoms with Crippen molar-refractivity contribution in [3.05, 3.63) is 64.5 Å². The van der Waals surface area contributed by atoms with Gasteiger partial charge in [-0.25, -0.2) is 4.39 Å². The molecule has 3 rings (SSSR count). The molecule has 1 unspecified atom stereocenters. The van der Waals surface area contributed by atoms with Crippen molar-refractivity contribution >= 4 is 0 Å². The summed E-state index contributed by atoms with van der Waals surface area (Å²) >= 11 is 0. The third-order valence-electron chi connectivity index (χ3n) is 3.96. The summed E-state index contributed by atoms with van der Waals surface area (Å²) in [4.78, 5) is 0. The summed E-state index contributed by atoms with van der Waals surface area (Å²) in [5.41, 5.74) is 4.18. The van der Waals surface area contributed by atoms with Gasteiger partial charge in [0, 0.05) is 5.56 Å². The highest BCUT2D eigenvalue weighted by molar-refractivity contribution is 5.48. The van der Waals surface area contributed by atoms with Gasteiger partial charge in [0.05, 0.1) is 12.6 Å². The zero-order valence-electron chi connectivity index (χ0n) is 12.4. The summed E-state index contributed by atoms with van der Waals surface area (Å²) in [6.07, 6.45) is 2.10. The summed E-state index contributed by atoms with van der Waals surface area (Å²) in [6.45, 7) is 2.67. The van der Waals surface area contributed by atoms with Gasteiger partial charge in [-0.1, -0.05) is 24.3 Å². The van der Waals surface area contributed by atoms with E-state index in [0.717, 1.165) is 41.9 Å². The summed E-state index contributed by atoms with van der Waals surface area (Å²) in [5, 5.41) is 3.29. The fourth-order valence-electron chi connectivity index (χ4n) is 3.07. The van der Waals surface area contributed by atoms with Crippen LogP contribution in [0.4, 0.5) is 4.39 Å². The number of rotatable bonds is 3. The summed E-state index contributed by atoms with van der Waals surface area (Å²) < 4.78 is 19.6. The molecule has 0 aliphatic carbocycles. The number of nitrogens with one attached hydrogen (secondary N) is 1. The van der Waals surface area contributed by atoms with Crippen LogP contribution in [0.15, 0.2) is 36.4 Å². The molecule has 1 heterocycles. The van der Waals surface area contributed by atoms with E-state index in [1.54, 1.807) is 12.1 Å². The van der Waals surface area contributed by atoms with Gasteiger partial charge in [-0.15, -0.1) is 0 Å². The van der Waals surface area contributed by atoms with Crippen LogP contribution >= 0.6 is 0 Å². The number of ether oxygens (including phenoxy) is 1. The molecule has 110 valence electrons. The van der Waals surface area contributed by atoms with Crippen LogP contribution in [0, 0.1) is 12.7 Å². The first-order valence-corrected chi connectivity index (χ1v) is 7.38. The molecule has 1 aliphatic rings. The van der Waals surface area contributed by atoms with Crippen LogP contribution < -0.4 is 10.1 Å². The molecule has 0 amide bonds. The molecule has 21 heavy (non-hydrogen) atoms. The minimum atomic E-state index is -0.198. The average molecular weight is 285 g/mol. The Bertz CT molecular complexity index is 633. The Hall–Kier alpha value is -1.87. The fourth-order valence-corrected chi connectivity index (χ4v) is 3.07. The van der Waals surface area contributed by atoms with Crippen molar-refractivity contribution in [2.45, 2.75) is 25.8 Å². The van der Waals surface area contributed by atoms with Crippen molar-refractivity contribution in [1.29, 1.82) is 0 Å². The lowest BCUT2D eigenvalue weighted by Gasteiger charge is -2.25. The number of halogens is 1.